The molecule has 1 aromatic heterocycles. The van der Waals surface area contributed by atoms with Crippen molar-refractivity contribution in [3.05, 3.63) is 107 Å². The van der Waals surface area contributed by atoms with E-state index in [2.05, 4.69) is 0 Å². The molecule has 152 valence electrons. The predicted octanol–water partition coefficient (Wildman–Crippen LogP) is 4.69. The monoisotopic (exact) mass is 430 g/mol. The molecule has 7 nitrogen and oxygen atoms in total. The number of nitrogens with zero attached hydrogens (tertiary/aromatic N) is 5. The molecule has 31 heavy (non-hydrogen) atoms. The van der Waals surface area contributed by atoms with Crippen molar-refractivity contribution in [3.63, 3.8) is 0 Å². The van der Waals surface area contributed by atoms with Gasteiger partial charge in [0.2, 0.25) is 0 Å². The van der Waals surface area contributed by atoms with Crippen molar-refractivity contribution < 1.29 is 9.72 Å². The van der Waals surface area contributed by atoms with E-state index < -0.39 is 4.92 Å². The Morgan fingerprint density at radius 1 is 0.806 bits per heavy atom. The quantitative estimate of drug-likeness (QED) is 0.235. The van der Waals surface area contributed by atoms with Crippen molar-refractivity contribution in [2.24, 2.45) is 0 Å². The minimum absolute atomic E-state index is 0. The van der Waals surface area contributed by atoms with Crippen molar-refractivity contribution in [3.8, 4) is 22.8 Å². The van der Waals surface area contributed by atoms with E-state index in [9.17, 15) is 10.1 Å². The first-order chi connectivity index (χ1) is 14.7. The normalized spacial score (nSPS) is 10.6. The van der Waals surface area contributed by atoms with Crippen LogP contribution in [0, 0.1) is 10.1 Å². The van der Waals surface area contributed by atoms with Gasteiger partial charge in [-0.05, 0) is 51.7 Å². The van der Waals surface area contributed by atoms with Gasteiger partial charge in [0.05, 0.1) is 15.6 Å². The average Bonchev–Trinajstić information content (AvgIpc) is 3.24. The van der Waals surface area contributed by atoms with E-state index >= 15 is 0 Å². The van der Waals surface area contributed by atoms with Crippen molar-refractivity contribution in [1.29, 1.82) is 0 Å². The molecular weight excluding hydrogens is 414 g/mol. The van der Waals surface area contributed by atoms with Gasteiger partial charge in [0, 0.05) is 22.3 Å². The Hall–Kier alpha value is -4.10. The molecule has 0 atom stereocenters. The molecule has 1 heterocycles. The maximum atomic E-state index is 11.0. The van der Waals surface area contributed by atoms with E-state index in [1.165, 1.54) is 12.1 Å². The zero-order valence-corrected chi connectivity index (χ0v) is 17.0. The number of rotatable bonds is 4. The average molecular weight is 431 g/mol. The van der Waals surface area contributed by atoms with Gasteiger partial charge in [0.1, 0.15) is 5.69 Å². The molecule has 0 aliphatic rings. The van der Waals surface area contributed by atoms with Gasteiger partial charge >= 0.3 is 5.82 Å². The van der Waals surface area contributed by atoms with Gasteiger partial charge in [-0.2, -0.15) is 0 Å². The number of non-ortho nitro benzene ring substituents is 1. The molecule has 0 fully saturated rings. The van der Waals surface area contributed by atoms with Crippen molar-refractivity contribution in [1.82, 2.24) is 15.0 Å². The van der Waals surface area contributed by atoms with Crippen LogP contribution in [-0.4, -0.2) is 19.9 Å². The first-order valence-electron chi connectivity index (χ1n) is 9.39. The second-order valence-corrected chi connectivity index (χ2v) is 6.74. The third-order valence-electron chi connectivity index (χ3n) is 4.86. The van der Waals surface area contributed by atoms with Crippen LogP contribution >= 0.6 is 12.4 Å². The number of tetrazole rings is 1. The Balaban J connectivity index is 0.00000231. The van der Waals surface area contributed by atoms with Gasteiger partial charge in [-0.15, -0.1) is 12.4 Å². The lowest BCUT2D eigenvalue weighted by Crippen LogP contribution is -2.43. The molecule has 4 aromatic carbocycles. The molecule has 5 aromatic rings. The van der Waals surface area contributed by atoms with E-state index in [1.807, 2.05) is 72.8 Å². The van der Waals surface area contributed by atoms with Crippen LogP contribution < -0.4 is 4.80 Å². The van der Waals surface area contributed by atoms with E-state index in [1.54, 1.807) is 21.7 Å². The van der Waals surface area contributed by atoms with Crippen LogP contribution in [0.25, 0.3) is 33.5 Å². The number of aromatic nitrogens is 4. The highest BCUT2D eigenvalue weighted by Gasteiger charge is 2.25. The Morgan fingerprint density at radius 3 is 2.23 bits per heavy atom. The number of hydrogen-bond acceptors (Lipinski definition) is 4. The van der Waals surface area contributed by atoms with Gasteiger partial charge < -0.3 is 0 Å². The second-order valence-electron chi connectivity index (χ2n) is 6.74. The summed E-state index contributed by atoms with van der Waals surface area (Å²) in [5.74, 6) is 0.557. The molecular formula is C23H17ClN5O2+. The van der Waals surface area contributed by atoms with Gasteiger partial charge in [0.15, 0.2) is 5.69 Å². The lowest BCUT2D eigenvalue weighted by Gasteiger charge is -2.03. The molecule has 0 N–H and O–H groups in total. The molecule has 8 heteroatoms. The van der Waals surface area contributed by atoms with Crippen LogP contribution in [0.1, 0.15) is 0 Å². The van der Waals surface area contributed by atoms with E-state index in [0.717, 1.165) is 22.0 Å². The maximum Gasteiger partial charge on any atom is 0.340 e. The highest BCUT2D eigenvalue weighted by molar-refractivity contribution is 5.88. The van der Waals surface area contributed by atoms with Gasteiger partial charge in [0.25, 0.3) is 5.69 Å². The fourth-order valence-electron chi connectivity index (χ4n) is 3.40. The topological polar surface area (TPSA) is 77.7 Å². The molecule has 0 amide bonds. The third kappa shape index (κ3) is 3.74. The largest absolute Gasteiger partial charge is 0.340 e. The predicted molar refractivity (Wildman–Crippen MR) is 120 cm³/mol. The number of nitro groups is 1. The molecule has 0 saturated heterocycles. The molecule has 0 radical (unpaired) electrons. The van der Waals surface area contributed by atoms with Crippen LogP contribution in [-0.2, 0) is 0 Å². The zero-order chi connectivity index (χ0) is 20.5. The summed E-state index contributed by atoms with van der Waals surface area (Å²) in [5, 5.41) is 22.6. The number of nitro benzene ring substituents is 1. The summed E-state index contributed by atoms with van der Waals surface area (Å²) >= 11 is 0. The standard InChI is InChI=1S/C23H16N5O2.ClH/c29-28(30)20-15-13-19(14-16-20)26-24-23(18-8-2-1-3-9-18)25-27(26)22-12-6-10-17-7-4-5-11-21(17)22;/h1-16H;1H/q+1;. The molecule has 0 spiro atoms. The Kier molecular flexibility index (Phi) is 5.43. The Bertz CT molecular complexity index is 1360. The van der Waals surface area contributed by atoms with Crippen LogP contribution in [0.2, 0.25) is 0 Å². The van der Waals surface area contributed by atoms with Gasteiger partial charge in [-0.3, -0.25) is 10.1 Å². The highest BCUT2D eigenvalue weighted by atomic mass is 35.5. The highest BCUT2D eigenvalue weighted by Crippen LogP contribution is 2.21. The fraction of sp³-hybridized carbons (Fsp3) is 0. The van der Waals surface area contributed by atoms with Crippen LogP contribution in [0.3, 0.4) is 0 Å². The molecule has 0 bridgehead atoms. The second kappa shape index (κ2) is 8.33. The van der Waals surface area contributed by atoms with E-state index in [4.69, 9.17) is 10.2 Å². The number of hydrogen-bond donors (Lipinski definition) is 0. The van der Waals surface area contributed by atoms with Gasteiger partial charge in [-0.1, -0.05) is 48.5 Å². The minimum atomic E-state index is -0.417. The molecule has 0 aliphatic heterocycles. The fourth-order valence-corrected chi connectivity index (χ4v) is 3.40. The maximum absolute atomic E-state index is 11.0. The van der Waals surface area contributed by atoms with E-state index in [-0.39, 0.29) is 18.1 Å². The summed E-state index contributed by atoms with van der Waals surface area (Å²) in [4.78, 5) is 14.0. The van der Waals surface area contributed by atoms with Crippen LogP contribution in [0.5, 0.6) is 0 Å². The summed E-state index contributed by atoms with van der Waals surface area (Å²) < 4.78 is 0. The number of halogens is 1. The molecule has 0 saturated carbocycles. The zero-order valence-electron chi connectivity index (χ0n) is 16.2. The molecule has 0 unspecified atom stereocenters. The van der Waals surface area contributed by atoms with Gasteiger partial charge in [-0.25, -0.2) is 0 Å². The van der Waals surface area contributed by atoms with Crippen molar-refractivity contribution in [2.75, 3.05) is 0 Å². The summed E-state index contributed by atoms with van der Waals surface area (Å²) in [5.41, 5.74) is 2.44. The Labute approximate surface area is 183 Å². The van der Waals surface area contributed by atoms with Crippen molar-refractivity contribution >= 4 is 28.9 Å². The van der Waals surface area contributed by atoms with E-state index in [0.29, 0.717) is 11.5 Å². The number of fused-ring (bicyclic) bond motifs is 1. The summed E-state index contributed by atoms with van der Waals surface area (Å²) in [6.07, 6.45) is 0. The number of benzene rings is 4. The summed E-state index contributed by atoms with van der Waals surface area (Å²) in [7, 11) is 0. The molecule has 5 rings (SSSR count). The molecule has 0 aliphatic carbocycles. The van der Waals surface area contributed by atoms with Crippen molar-refractivity contribution in [2.45, 2.75) is 0 Å². The van der Waals surface area contributed by atoms with Crippen LogP contribution in [0.4, 0.5) is 5.69 Å². The lowest BCUT2D eigenvalue weighted by atomic mass is 10.1. The Morgan fingerprint density at radius 2 is 1.48 bits per heavy atom. The first kappa shape index (κ1) is 20.2. The smallest absolute Gasteiger partial charge is 0.258 e. The minimum Gasteiger partial charge on any atom is -0.258 e. The van der Waals surface area contributed by atoms with Crippen LogP contribution in [0.15, 0.2) is 97.1 Å². The first-order valence-corrected chi connectivity index (χ1v) is 9.39. The SMILES string of the molecule is Cl.O=[N+]([O-])c1ccc(-n2nc(-c3ccccc3)n[n+]2-c2cccc3ccccc23)cc1. The lowest BCUT2D eigenvalue weighted by molar-refractivity contribution is -0.733. The summed E-state index contributed by atoms with van der Waals surface area (Å²) in [6, 6.07) is 30.0. The third-order valence-corrected chi connectivity index (χ3v) is 4.86. The summed E-state index contributed by atoms with van der Waals surface area (Å²) in [6.45, 7) is 0.